The molecule has 2 atom stereocenters. The minimum Gasteiger partial charge on any atom is -0.303 e. The van der Waals surface area contributed by atoms with Crippen molar-refractivity contribution in [1.82, 2.24) is 0 Å². The van der Waals surface area contributed by atoms with Gasteiger partial charge in [-0.25, -0.2) is 0 Å². The molecule has 2 heteroatoms. The van der Waals surface area contributed by atoms with Gasteiger partial charge >= 0.3 is 0 Å². The minimum absolute atomic E-state index is 0.281. The van der Waals surface area contributed by atoms with Crippen LogP contribution in [0.25, 0.3) is 0 Å². The van der Waals surface area contributed by atoms with Gasteiger partial charge in [0.15, 0.2) is 0 Å². The lowest BCUT2D eigenvalue weighted by Gasteiger charge is -2.21. The van der Waals surface area contributed by atoms with E-state index >= 15 is 0 Å². The summed E-state index contributed by atoms with van der Waals surface area (Å²) in [5, 5.41) is 0. The van der Waals surface area contributed by atoms with E-state index in [1.165, 1.54) is 11.6 Å². The first-order valence-corrected chi connectivity index (χ1v) is 5.34. The van der Waals surface area contributed by atoms with Gasteiger partial charge in [0, 0.05) is 5.92 Å². The molecule has 1 aliphatic carbocycles. The van der Waals surface area contributed by atoms with E-state index in [0.717, 1.165) is 25.4 Å². The highest BCUT2D eigenvalue weighted by Crippen LogP contribution is 2.26. The number of rotatable bonds is 2. The van der Waals surface area contributed by atoms with Crippen molar-refractivity contribution in [3.63, 3.8) is 0 Å². The summed E-state index contributed by atoms with van der Waals surface area (Å²) < 4.78 is 0. The third-order valence-corrected chi connectivity index (χ3v) is 2.54. The minimum atomic E-state index is 0.281. The van der Waals surface area contributed by atoms with Gasteiger partial charge in [0.25, 0.3) is 0 Å². The van der Waals surface area contributed by atoms with Crippen LogP contribution in [-0.4, -0.2) is 12.6 Å². The van der Waals surface area contributed by atoms with Crippen LogP contribution in [-0.2, 0) is 9.59 Å². The summed E-state index contributed by atoms with van der Waals surface area (Å²) in [4.78, 5) is 19.8. The number of hydrogen-bond donors (Lipinski definition) is 0. The van der Waals surface area contributed by atoms with E-state index in [-0.39, 0.29) is 5.92 Å². The summed E-state index contributed by atoms with van der Waals surface area (Å²) in [5.41, 5.74) is 1.44. The number of carbonyl (C=O) groups excluding carboxylic acids is 2. The average Bonchev–Trinajstić information content (AvgIpc) is 2.20. The van der Waals surface area contributed by atoms with E-state index in [1.807, 2.05) is 0 Å². The second-order valence-electron chi connectivity index (χ2n) is 3.87. The molecule has 15 heavy (non-hydrogen) atoms. The molecule has 2 unspecified atom stereocenters. The topological polar surface area (TPSA) is 34.1 Å². The number of aldehydes is 2. The summed E-state index contributed by atoms with van der Waals surface area (Å²) in [6.45, 7) is 6.05. The predicted octanol–water partition coefficient (Wildman–Crippen LogP) is 2.94. The molecule has 0 spiro atoms. The van der Waals surface area contributed by atoms with Gasteiger partial charge in [-0.15, -0.1) is 0 Å². The molecule has 2 nitrogen and oxygen atoms in total. The Bertz CT molecular complexity index is 251. The molecule has 0 aliphatic heterocycles. The standard InChI is InChI=1S/C9H14O.C4H6O/c1-7-3-4-9(6-10)8(2)5-7;1-2-3-4-5/h5-6,8-9H,3-4H2,1-2H3;2-4H,1H3. The Hall–Kier alpha value is -1.18. The highest BCUT2D eigenvalue weighted by molar-refractivity contribution is 5.64. The Morgan fingerprint density at radius 3 is 2.40 bits per heavy atom. The molecule has 0 saturated carbocycles. The van der Waals surface area contributed by atoms with Crippen LogP contribution in [0.1, 0.15) is 33.6 Å². The highest BCUT2D eigenvalue weighted by Gasteiger charge is 2.18. The zero-order chi connectivity index (χ0) is 11.7. The Balaban J connectivity index is 0.000000336. The first-order chi connectivity index (χ1) is 7.15. The summed E-state index contributed by atoms with van der Waals surface area (Å²) in [6.07, 6.45) is 9.34. The molecule has 1 aliphatic rings. The van der Waals surface area contributed by atoms with Gasteiger partial charge in [-0.2, -0.15) is 0 Å². The van der Waals surface area contributed by atoms with Crippen molar-refractivity contribution in [3.8, 4) is 0 Å². The molecule has 0 fully saturated rings. The quantitative estimate of drug-likeness (QED) is 0.397. The van der Waals surface area contributed by atoms with Crippen molar-refractivity contribution in [3.05, 3.63) is 23.8 Å². The maximum absolute atomic E-state index is 10.4. The first kappa shape index (κ1) is 13.8. The van der Waals surface area contributed by atoms with Crippen LogP contribution in [0.3, 0.4) is 0 Å². The van der Waals surface area contributed by atoms with Crippen molar-refractivity contribution in [2.24, 2.45) is 11.8 Å². The molecule has 0 radical (unpaired) electrons. The largest absolute Gasteiger partial charge is 0.303 e. The zero-order valence-corrected chi connectivity index (χ0v) is 9.77. The number of hydrogen-bond acceptors (Lipinski definition) is 2. The van der Waals surface area contributed by atoms with Gasteiger partial charge < -0.3 is 4.79 Å². The zero-order valence-electron chi connectivity index (χ0n) is 9.77. The van der Waals surface area contributed by atoms with Crippen LogP contribution in [0.15, 0.2) is 23.8 Å². The molecule has 84 valence electrons. The first-order valence-electron chi connectivity index (χ1n) is 5.34. The van der Waals surface area contributed by atoms with Crippen LogP contribution in [0.4, 0.5) is 0 Å². The third kappa shape index (κ3) is 6.00. The smallest absolute Gasteiger partial charge is 0.142 e. The number of carbonyl (C=O) groups is 2. The summed E-state index contributed by atoms with van der Waals surface area (Å²) >= 11 is 0. The van der Waals surface area contributed by atoms with Crippen LogP contribution < -0.4 is 0 Å². The van der Waals surface area contributed by atoms with E-state index in [4.69, 9.17) is 0 Å². The molecule has 0 saturated heterocycles. The van der Waals surface area contributed by atoms with Crippen molar-refractivity contribution >= 4 is 12.6 Å². The van der Waals surface area contributed by atoms with Crippen LogP contribution >= 0.6 is 0 Å². The van der Waals surface area contributed by atoms with E-state index in [2.05, 4.69) is 19.9 Å². The highest BCUT2D eigenvalue weighted by atomic mass is 16.1. The molecule has 0 aromatic carbocycles. The Kier molecular flexibility index (Phi) is 7.51. The van der Waals surface area contributed by atoms with Gasteiger partial charge in [-0.05, 0) is 38.7 Å². The Labute approximate surface area is 92.1 Å². The molecule has 0 heterocycles. The van der Waals surface area contributed by atoms with Crippen molar-refractivity contribution in [1.29, 1.82) is 0 Å². The lowest BCUT2D eigenvalue weighted by atomic mass is 9.83. The lowest BCUT2D eigenvalue weighted by Crippen LogP contribution is -2.15. The van der Waals surface area contributed by atoms with Crippen LogP contribution in [0, 0.1) is 11.8 Å². The van der Waals surface area contributed by atoms with Gasteiger partial charge in [0.05, 0.1) is 0 Å². The predicted molar refractivity (Wildman–Crippen MR) is 62.6 cm³/mol. The second-order valence-corrected chi connectivity index (χ2v) is 3.87. The molecule has 1 rings (SSSR count). The molecule has 0 bridgehead atoms. The molecule has 0 aromatic heterocycles. The maximum atomic E-state index is 10.4. The molecule has 0 aromatic rings. The molecule has 0 N–H and O–H groups in total. The van der Waals surface area contributed by atoms with E-state index in [1.54, 1.807) is 13.0 Å². The number of allylic oxidation sites excluding steroid dienone is 4. The van der Waals surface area contributed by atoms with E-state index < -0.39 is 0 Å². The second kappa shape index (κ2) is 8.16. The van der Waals surface area contributed by atoms with Crippen molar-refractivity contribution < 1.29 is 9.59 Å². The van der Waals surface area contributed by atoms with Crippen LogP contribution in [0.5, 0.6) is 0 Å². The fraction of sp³-hybridized carbons (Fsp3) is 0.538. The molecule has 0 amide bonds. The van der Waals surface area contributed by atoms with Gasteiger partial charge in [0.1, 0.15) is 12.6 Å². The fourth-order valence-electron chi connectivity index (χ4n) is 1.58. The lowest BCUT2D eigenvalue weighted by molar-refractivity contribution is -0.112. The Morgan fingerprint density at radius 1 is 1.40 bits per heavy atom. The van der Waals surface area contributed by atoms with E-state index in [0.29, 0.717) is 5.92 Å². The van der Waals surface area contributed by atoms with Crippen LogP contribution in [0.2, 0.25) is 0 Å². The van der Waals surface area contributed by atoms with Crippen molar-refractivity contribution in [2.45, 2.75) is 33.6 Å². The summed E-state index contributed by atoms with van der Waals surface area (Å²) in [7, 11) is 0. The normalized spacial score (nSPS) is 25.1. The fourth-order valence-corrected chi connectivity index (χ4v) is 1.58. The molecular formula is C13H20O2. The van der Waals surface area contributed by atoms with Gasteiger partial charge in [-0.3, -0.25) is 4.79 Å². The molecular weight excluding hydrogens is 188 g/mol. The maximum Gasteiger partial charge on any atom is 0.142 e. The monoisotopic (exact) mass is 208 g/mol. The average molecular weight is 208 g/mol. The van der Waals surface area contributed by atoms with Crippen molar-refractivity contribution in [2.75, 3.05) is 0 Å². The van der Waals surface area contributed by atoms with E-state index in [9.17, 15) is 9.59 Å². The Morgan fingerprint density at radius 2 is 2.07 bits per heavy atom. The van der Waals surface area contributed by atoms with Gasteiger partial charge in [0.2, 0.25) is 0 Å². The van der Waals surface area contributed by atoms with Gasteiger partial charge in [-0.1, -0.05) is 24.6 Å². The third-order valence-electron chi connectivity index (χ3n) is 2.54. The summed E-state index contributed by atoms with van der Waals surface area (Å²) in [6, 6.07) is 0. The SMILES string of the molecule is CC1=CC(C)C(C=O)CC1.CC=CC=O. The summed E-state index contributed by atoms with van der Waals surface area (Å²) in [5.74, 6) is 0.745.